The fourth-order valence-corrected chi connectivity index (χ4v) is 4.13. The monoisotopic (exact) mass is 529 g/mol. The Hall–Kier alpha value is -3.17. The Balaban J connectivity index is 1.91. The summed E-state index contributed by atoms with van der Waals surface area (Å²) in [5.74, 6) is 1.26. The molecule has 0 aliphatic heterocycles. The second-order valence-electron chi connectivity index (χ2n) is 9.93. The summed E-state index contributed by atoms with van der Waals surface area (Å²) in [6.45, 7) is 9.83. The number of alkyl halides is 3. The molecule has 1 atom stereocenters. The van der Waals surface area contributed by atoms with E-state index in [1.165, 1.54) is 11.6 Å². The quantitative estimate of drug-likeness (QED) is 0.271. The summed E-state index contributed by atoms with van der Waals surface area (Å²) in [4.78, 5) is 9.44. The van der Waals surface area contributed by atoms with Crippen LogP contribution in [-0.4, -0.2) is 35.4 Å². The molecule has 206 valence electrons. The molecule has 0 saturated heterocycles. The van der Waals surface area contributed by atoms with Crippen molar-refractivity contribution in [1.29, 1.82) is 0 Å². The highest BCUT2D eigenvalue weighted by molar-refractivity contribution is 5.60. The molecule has 1 aliphatic carbocycles. The van der Waals surface area contributed by atoms with Crippen LogP contribution >= 0.6 is 0 Å². The average molecular weight is 530 g/mol. The number of hydrogen-bond donors (Lipinski definition) is 3. The molecule has 4 N–H and O–H groups in total. The molecule has 1 aromatic carbocycles. The van der Waals surface area contributed by atoms with Crippen molar-refractivity contribution in [1.82, 2.24) is 15.3 Å². The van der Waals surface area contributed by atoms with Crippen molar-refractivity contribution in [3.05, 3.63) is 70.1 Å². The van der Waals surface area contributed by atoms with E-state index in [1.54, 1.807) is 0 Å². The van der Waals surface area contributed by atoms with Gasteiger partial charge >= 0.3 is 6.18 Å². The van der Waals surface area contributed by atoms with E-state index in [0.29, 0.717) is 49.0 Å². The van der Waals surface area contributed by atoms with Crippen LogP contribution in [0.25, 0.3) is 12.2 Å². The Morgan fingerprint density at radius 3 is 2.53 bits per heavy atom. The van der Waals surface area contributed by atoms with Gasteiger partial charge in [-0.05, 0) is 68.5 Å². The molecule has 3 rings (SSSR count). The molecule has 38 heavy (non-hydrogen) atoms. The zero-order valence-electron chi connectivity index (χ0n) is 22.5. The van der Waals surface area contributed by atoms with Crippen molar-refractivity contribution in [3.63, 3.8) is 0 Å². The van der Waals surface area contributed by atoms with Gasteiger partial charge in [-0.2, -0.15) is 13.2 Å². The lowest BCUT2D eigenvalue weighted by Crippen LogP contribution is -2.37. The number of rotatable bonds is 12. The molecule has 0 amide bonds. The van der Waals surface area contributed by atoms with Gasteiger partial charge in [-0.1, -0.05) is 44.2 Å². The maximum Gasteiger partial charge on any atom is 0.412 e. The second kappa shape index (κ2) is 13.6. The highest BCUT2D eigenvalue weighted by atomic mass is 19.4. The zero-order valence-corrected chi connectivity index (χ0v) is 22.5. The summed E-state index contributed by atoms with van der Waals surface area (Å²) >= 11 is 0. The van der Waals surface area contributed by atoms with Crippen LogP contribution in [0.3, 0.4) is 0 Å². The van der Waals surface area contributed by atoms with Crippen LogP contribution in [-0.2, 0) is 11.3 Å². The van der Waals surface area contributed by atoms with Crippen LogP contribution in [0, 0.1) is 5.92 Å². The average Bonchev–Trinajstić information content (AvgIpc) is 2.85. The topological polar surface area (TPSA) is 85.1 Å². The van der Waals surface area contributed by atoms with Crippen LogP contribution in [0.1, 0.15) is 57.8 Å². The number of nitrogens with two attached hydrogens (primary N) is 1. The van der Waals surface area contributed by atoms with Gasteiger partial charge in [0, 0.05) is 23.0 Å². The third kappa shape index (κ3) is 8.70. The Morgan fingerprint density at radius 2 is 1.89 bits per heavy atom. The molecule has 1 heterocycles. The standard InChI is InChI=1S/C29H38F3N5O/c1-19(2)22-8-10-24(11-9-22)35-28-25-12-7-21(16-23(6-5-13-33)29(30,31)32)17-26(25)36-27(37-28)18-34-14-15-38-20(3)4/h5-6,8-13,17,19-21,34H,7,14-16,18,33H2,1-4H3,(H,35,36,37)/b13-5-,23-6+. The Bertz CT molecular complexity index is 1230. The van der Waals surface area contributed by atoms with Crippen molar-refractivity contribution in [3.8, 4) is 0 Å². The first kappa shape index (κ1) is 29.4. The largest absolute Gasteiger partial charge is 0.412 e. The Kier molecular flexibility index (Phi) is 10.5. The molecule has 0 saturated carbocycles. The number of ether oxygens (including phenoxy) is 1. The second-order valence-corrected chi connectivity index (χ2v) is 9.93. The van der Waals surface area contributed by atoms with Gasteiger partial charge in [0.1, 0.15) is 11.6 Å². The molecule has 0 bridgehead atoms. The molecule has 1 unspecified atom stereocenters. The minimum Gasteiger partial charge on any atom is -0.405 e. The normalized spacial score (nSPS) is 16.0. The van der Waals surface area contributed by atoms with E-state index < -0.39 is 11.7 Å². The van der Waals surface area contributed by atoms with Gasteiger partial charge in [0.25, 0.3) is 0 Å². The highest BCUT2D eigenvalue weighted by Gasteiger charge is 2.34. The molecular weight excluding hydrogens is 491 g/mol. The number of allylic oxidation sites excluding steroid dienone is 3. The number of aromatic nitrogens is 2. The van der Waals surface area contributed by atoms with Gasteiger partial charge in [-0.25, -0.2) is 9.97 Å². The molecular formula is C29H38F3N5O. The van der Waals surface area contributed by atoms with E-state index in [9.17, 15) is 13.2 Å². The fourth-order valence-electron chi connectivity index (χ4n) is 4.13. The first-order valence-corrected chi connectivity index (χ1v) is 13.0. The molecule has 0 radical (unpaired) electrons. The summed E-state index contributed by atoms with van der Waals surface area (Å²) in [5, 5.41) is 8.10. The van der Waals surface area contributed by atoms with E-state index in [0.717, 1.165) is 23.2 Å². The van der Waals surface area contributed by atoms with Crippen molar-refractivity contribution < 1.29 is 17.9 Å². The predicted octanol–water partition coefficient (Wildman–Crippen LogP) is 4.79. The smallest absolute Gasteiger partial charge is 0.405 e. The number of nitrogens with one attached hydrogen (secondary N) is 2. The SMILES string of the molecule is CC(C)OCCNCc1nc(Nc2ccc(C(C)C)cc2)c2c(n1)=CC(C/C(=C\C=C/N)C(F)(F)F)CC=2. The molecule has 1 aromatic heterocycles. The third-order valence-corrected chi connectivity index (χ3v) is 6.15. The Labute approximate surface area is 222 Å². The first-order chi connectivity index (χ1) is 18.1. The van der Waals surface area contributed by atoms with Crippen LogP contribution in [0.4, 0.5) is 24.7 Å². The van der Waals surface area contributed by atoms with Gasteiger partial charge in [-0.3, -0.25) is 0 Å². The van der Waals surface area contributed by atoms with Crippen molar-refractivity contribution in [2.24, 2.45) is 11.7 Å². The number of benzene rings is 1. The maximum absolute atomic E-state index is 13.6. The van der Waals surface area contributed by atoms with Gasteiger partial charge in [0.05, 0.1) is 24.6 Å². The molecule has 9 heteroatoms. The van der Waals surface area contributed by atoms with Gasteiger partial charge in [0.15, 0.2) is 0 Å². The van der Waals surface area contributed by atoms with Crippen molar-refractivity contribution >= 4 is 23.7 Å². The van der Waals surface area contributed by atoms with E-state index in [4.69, 9.17) is 20.4 Å². The Morgan fingerprint density at radius 1 is 1.16 bits per heavy atom. The summed E-state index contributed by atoms with van der Waals surface area (Å²) < 4.78 is 46.3. The number of halogens is 3. The summed E-state index contributed by atoms with van der Waals surface area (Å²) in [6.07, 6.45) is 3.09. The highest BCUT2D eigenvalue weighted by Crippen LogP contribution is 2.32. The maximum atomic E-state index is 13.6. The molecule has 0 spiro atoms. The minimum absolute atomic E-state index is 0.146. The third-order valence-electron chi connectivity index (χ3n) is 6.15. The van der Waals surface area contributed by atoms with Crippen LogP contribution < -0.4 is 26.9 Å². The summed E-state index contributed by atoms with van der Waals surface area (Å²) in [5.41, 5.74) is 6.75. The predicted molar refractivity (Wildman–Crippen MR) is 147 cm³/mol. The summed E-state index contributed by atoms with van der Waals surface area (Å²) in [6, 6.07) is 8.16. The van der Waals surface area contributed by atoms with Crippen LogP contribution in [0.15, 0.2) is 48.2 Å². The minimum atomic E-state index is -4.43. The fraction of sp³-hybridized carbons (Fsp3) is 0.448. The van der Waals surface area contributed by atoms with E-state index in [1.807, 2.05) is 38.1 Å². The molecule has 6 nitrogen and oxygen atoms in total. The number of hydrogen-bond acceptors (Lipinski definition) is 6. The summed E-state index contributed by atoms with van der Waals surface area (Å²) in [7, 11) is 0. The number of fused-ring (bicyclic) bond motifs is 1. The zero-order chi connectivity index (χ0) is 27.7. The lowest BCUT2D eigenvalue weighted by atomic mass is 9.92. The van der Waals surface area contributed by atoms with Gasteiger partial charge < -0.3 is 21.1 Å². The molecule has 2 aromatic rings. The molecule has 1 aliphatic rings. The number of nitrogens with zero attached hydrogens (tertiary/aromatic N) is 2. The lowest BCUT2D eigenvalue weighted by Gasteiger charge is -2.19. The van der Waals surface area contributed by atoms with Crippen LogP contribution in [0.5, 0.6) is 0 Å². The first-order valence-electron chi connectivity index (χ1n) is 13.0. The van der Waals surface area contributed by atoms with E-state index in [-0.39, 0.29) is 18.4 Å². The van der Waals surface area contributed by atoms with Crippen molar-refractivity contribution in [2.45, 2.75) is 65.3 Å². The van der Waals surface area contributed by atoms with Crippen molar-refractivity contribution in [2.75, 3.05) is 18.5 Å². The van der Waals surface area contributed by atoms with E-state index in [2.05, 4.69) is 36.6 Å². The number of anilines is 2. The lowest BCUT2D eigenvalue weighted by molar-refractivity contribution is -0.0947. The van der Waals surface area contributed by atoms with E-state index >= 15 is 0 Å². The van der Waals surface area contributed by atoms with Crippen LogP contribution in [0.2, 0.25) is 0 Å². The molecule has 0 fully saturated rings. The van der Waals surface area contributed by atoms with Gasteiger partial charge in [0.2, 0.25) is 0 Å². The van der Waals surface area contributed by atoms with Gasteiger partial charge in [-0.15, -0.1) is 0 Å².